The molecule has 1 heterocycles. The monoisotopic (exact) mass is 435 g/mol. The summed E-state index contributed by atoms with van der Waals surface area (Å²) in [4.78, 5) is 19.5. The molecular weight excluding hydrogens is 410 g/mol. The van der Waals surface area contributed by atoms with E-state index in [1.54, 1.807) is 11.8 Å². The molecule has 0 N–H and O–H groups in total. The van der Waals surface area contributed by atoms with E-state index in [2.05, 4.69) is 63.9 Å². The predicted octanol–water partition coefficient (Wildman–Crippen LogP) is 4.13. The van der Waals surface area contributed by atoms with Gasteiger partial charge in [0.15, 0.2) is 0 Å². The molecular formula is C20H26BrN3OS. The van der Waals surface area contributed by atoms with Crippen LogP contribution in [-0.4, -0.2) is 34.1 Å². The number of thioether (sulfide) groups is 1. The fourth-order valence-electron chi connectivity index (χ4n) is 3.45. The average molecular weight is 436 g/mol. The molecule has 0 fully saturated rings. The summed E-state index contributed by atoms with van der Waals surface area (Å²) in [6, 6.07) is 8.34. The van der Waals surface area contributed by atoms with Crippen molar-refractivity contribution in [2.45, 2.75) is 50.4 Å². The van der Waals surface area contributed by atoms with E-state index in [-0.39, 0.29) is 5.69 Å². The highest BCUT2D eigenvalue weighted by Crippen LogP contribution is 2.31. The van der Waals surface area contributed by atoms with Crippen molar-refractivity contribution in [3.8, 4) is 0 Å². The summed E-state index contributed by atoms with van der Waals surface area (Å²) >= 11 is 5.16. The zero-order chi connectivity index (χ0) is 18.5. The smallest absolute Gasteiger partial charge is 0.302 e. The van der Waals surface area contributed by atoms with Gasteiger partial charge in [-0.2, -0.15) is 4.98 Å². The Bertz CT molecular complexity index is 800. The van der Waals surface area contributed by atoms with Gasteiger partial charge in [0.1, 0.15) is 5.03 Å². The summed E-state index contributed by atoms with van der Waals surface area (Å²) in [6.07, 6.45) is 3.16. The first-order chi connectivity index (χ1) is 12.6. The second-order valence-electron chi connectivity index (χ2n) is 6.57. The number of likely N-dealkylation sites (N-methyl/N-ethyl adjacent to an activating group) is 1. The Morgan fingerprint density at radius 1 is 1.19 bits per heavy atom. The Hall–Kier alpha value is -1.11. The van der Waals surface area contributed by atoms with Crippen molar-refractivity contribution < 1.29 is 0 Å². The first-order valence-electron chi connectivity index (χ1n) is 9.34. The molecule has 2 aromatic rings. The summed E-state index contributed by atoms with van der Waals surface area (Å²) in [5.74, 6) is 0.843. The number of halogens is 1. The number of aromatic nitrogens is 2. The van der Waals surface area contributed by atoms with E-state index in [0.29, 0.717) is 0 Å². The van der Waals surface area contributed by atoms with Crippen LogP contribution in [0.15, 0.2) is 38.6 Å². The number of hydrogen-bond acceptors (Lipinski definition) is 4. The Morgan fingerprint density at radius 2 is 1.92 bits per heavy atom. The topological polar surface area (TPSA) is 38.1 Å². The van der Waals surface area contributed by atoms with E-state index >= 15 is 0 Å². The predicted molar refractivity (Wildman–Crippen MR) is 112 cm³/mol. The van der Waals surface area contributed by atoms with E-state index in [0.717, 1.165) is 60.7 Å². The molecule has 1 aliphatic carbocycles. The highest BCUT2D eigenvalue weighted by molar-refractivity contribution is 9.10. The minimum Gasteiger partial charge on any atom is -0.302 e. The second-order valence-corrected chi connectivity index (χ2v) is 8.45. The Morgan fingerprint density at radius 3 is 2.62 bits per heavy atom. The fourth-order valence-corrected chi connectivity index (χ4v) is 4.75. The molecule has 1 aliphatic rings. The van der Waals surface area contributed by atoms with Gasteiger partial charge >= 0.3 is 5.69 Å². The normalized spacial score (nSPS) is 13.4. The maximum atomic E-state index is 12.7. The molecule has 0 bridgehead atoms. The van der Waals surface area contributed by atoms with Gasteiger partial charge in [-0.3, -0.25) is 4.57 Å². The van der Waals surface area contributed by atoms with Crippen LogP contribution >= 0.6 is 27.7 Å². The summed E-state index contributed by atoms with van der Waals surface area (Å²) in [6.45, 7) is 8.01. The fraction of sp³-hybridized carbons (Fsp3) is 0.500. The zero-order valence-electron chi connectivity index (χ0n) is 15.5. The van der Waals surface area contributed by atoms with Gasteiger partial charge in [-0.15, -0.1) is 11.8 Å². The lowest BCUT2D eigenvalue weighted by Gasteiger charge is -2.20. The number of hydrogen-bond donors (Lipinski definition) is 0. The van der Waals surface area contributed by atoms with Gasteiger partial charge in [-0.25, -0.2) is 4.79 Å². The molecule has 140 valence electrons. The molecule has 0 spiro atoms. The molecule has 0 amide bonds. The van der Waals surface area contributed by atoms with Crippen molar-refractivity contribution in [3.05, 3.63) is 56.0 Å². The Balaban J connectivity index is 1.78. The molecule has 0 radical (unpaired) electrons. The molecule has 4 nitrogen and oxygen atoms in total. The Kier molecular flexibility index (Phi) is 6.95. The highest BCUT2D eigenvalue weighted by atomic mass is 79.9. The van der Waals surface area contributed by atoms with Crippen LogP contribution < -0.4 is 5.69 Å². The molecule has 0 unspecified atom stereocenters. The Labute approximate surface area is 168 Å². The average Bonchev–Trinajstić information content (AvgIpc) is 3.13. The van der Waals surface area contributed by atoms with Gasteiger partial charge in [0.05, 0.1) is 0 Å². The third kappa shape index (κ3) is 4.59. The second kappa shape index (κ2) is 9.20. The molecule has 1 aromatic carbocycles. The van der Waals surface area contributed by atoms with E-state index in [4.69, 9.17) is 0 Å². The molecule has 26 heavy (non-hydrogen) atoms. The third-order valence-corrected chi connectivity index (χ3v) is 6.64. The van der Waals surface area contributed by atoms with E-state index < -0.39 is 0 Å². The summed E-state index contributed by atoms with van der Waals surface area (Å²) in [5, 5.41) is 0.935. The lowest BCUT2D eigenvalue weighted by Crippen LogP contribution is -2.33. The van der Waals surface area contributed by atoms with Crippen LogP contribution in [0.25, 0.3) is 0 Å². The minimum absolute atomic E-state index is 0.0869. The van der Waals surface area contributed by atoms with Crippen molar-refractivity contribution in [1.82, 2.24) is 14.5 Å². The molecule has 0 saturated carbocycles. The van der Waals surface area contributed by atoms with Crippen LogP contribution in [0.4, 0.5) is 0 Å². The lowest BCUT2D eigenvalue weighted by atomic mass is 10.2. The van der Waals surface area contributed by atoms with Gasteiger partial charge in [0.2, 0.25) is 0 Å². The maximum Gasteiger partial charge on any atom is 0.348 e. The minimum atomic E-state index is -0.0869. The summed E-state index contributed by atoms with van der Waals surface area (Å²) in [7, 11) is 0. The molecule has 1 aromatic heterocycles. The summed E-state index contributed by atoms with van der Waals surface area (Å²) in [5.41, 5.74) is 3.68. The van der Waals surface area contributed by atoms with E-state index in [1.165, 1.54) is 16.8 Å². The molecule has 0 aliphatic heterocycles. The molecule has 0 atom stereocenters. The van der Waals surface area contributed by atoms with Gasteiger partial charge in [0.25, 0.3) is 0 Å². The maximum absolute atomic E-state index is 12.7. The largest absolute Gasteiger partial charge is 0.348 e. The standard InChI is InChI=1S/C20H26BrN3OS/c1-3-23(4-2)12-13-24-18-7-5-6-17(18)19(22-20(24)25)26-14-15-8-10-16(21)11-9-15/h8-11H,3-7,12-14H2,1-2H3. The van der Waals surface area contributed by atoms with Gasteiger partial charge in [0, 0.05) is 34.6 Å². The summed E-state index contributed by atoms with van der Waals surface area (Å²) < 4.78 is 3.01. The van der Waals surface area contributed by atoms with E-state index in [1.807, 2.05) is 4.57 Å². The van der Waals surface area contributed by atoms with Gasteiger partial charge < -0.3 is 4.90 Å². The van der Waals surface area contributed by atoms with Gasteiger partial charge in [-0.05, 0) is 50.0 Å². The van der Waals surface area contributed by atoms with Crippen molar-refractivity contribution in [2.24, 2.45) is 0 Å². The van der Waals surface area contributed by atoms with Gasteiger partial charge in [-0.1, -0.05) is 41.9 Å². The van der Waals surface area contributed by atoms with Crippen LogP contribution in [0.5, 0.6) is 0 Å². The van der Waals surface area contributed by atoms with Crippen molar-refractivity contribution in [2.75, 3.05) is 19.6 Å². The number of nitrogens with zero attached hydrogens (tertiary/aromatic N) is 3. The van der Waals surface area contributed by atoms with E-state index in [9.17, 15) is 4.79 Å². The molecule has 3 rings (SSSR count). The highest BCUT2D eigenvalue weighted by Gasteiger charge is 2.22. The molecule has 6 heteroatoms. The van der Waals surface area contributed by atoms with Crippen molar-refractivity contribution in [3.63, 3.8) is 0 Å². The first kappa shape index (κ1) is 19.6. The number of fused-ring (bicyclic) bond motifs is 1. The van der Waals surface area contributed by atoms with Crippen LogP contribution in [0.3, 0.4) is 0 Å². The van der Waals surface area contributed by atoms with Crippen molar-refractivity contribution in [1.29, 1.82) is 0 Å². The third-order valence-electron chi connectivity index (χ3n) is 5.02. The first-order valence-corrected chi connectivity index (χ1v) is 11.1. The number of benzene rings is 1. The number of rotatable bonds is 8. The zero-order valence-corrected chi connectivity index (χ0v) is 17.9. The lowest BCUT2D eigenvalue weighted by molar-refractivity contribution is 0.286. The van der Waals surface area contributed by atoms with Crippen LogP contribution in [0.2, 0.25) is 0 Å². The van der Waals surface area contributed by atoms with Crippen LogP contribution in [-0.2, 0) is 25.1 Å². The van der Waals surface area contributed by atoms with Crippen LogP contribution in [0.1, 0.15) is 37.1 Å². The van der Waals surface area contributed by atoms with Crippen LogP contribution in [0, 0.1) is 0 Å². The quantitative estimate of drug-likeness (QED) is 0.461. The SMILES string of the molecule is CCN(CC)CCn1c2c(c(SCc3ccc(Br)cc3)nc1=O)CCC2. The molecule has 0 saturated heterocycles. The van der Waals surface area contributed by atoms with Crippen molar-refractivity contribution >= 4 is 27.7 Å².